The standard InChI is InChI=1S/C13H22N2O3S/c1-3-19(16,17)13-7-5-4-6-12(13)15(9-8-14)10-11-18-2/h4-7H,3,8-11,14H2,1-2H3. The van der Waals surface area contributed by atoms with Crippen LogP contribution < -0.4 is 10.6 Å². The van der Waals surface area contributed by atoms with E-state index in [9.17, 15) is 8.42 Å². The lowest BCUT2D eigenvalue weighted by atomic mass is 10.3. The average Bonchev–Trinajstić information content (AvgIpc) is 2.43. The fourth-order valence-electron chi connectivity index (χ4n) is 1.85. The number of nitrogens with zero attached hydrogens (tertiary/aromatic N) is 1. The highest BCUT2D eigenvalue weighted by molar-refractivity contribution is 7.91. The van der Waals surface area contributed by atoms with Crippen LogP contribution in [0.5, 0.6) is 0 Å². The van der Waals surface area contributed by atoms with Gasteiger partial charge in [0.25, 0.3) is 0 Å². The van der Waals surface area contributed by atoms with Crippen molar-refractivity contribution in [3.63, 3.8) is 0 Å². The van der Waals surface area contributed by atoms with E-state index in [1.807, 2.05) is 17.0 Å². The van der Waals surface area contributed by atoms with E-state index >= 15 is 0 Å². The van der Waals surface area contributed by atoms with Crippen LogP contribution in [0.4, 0.5) is 5.69 Å². The van der Waals surface area contributed by atoms with Gasteiger partial charge < -0.3 is 15.4 Å². The van der Waals surface area contributed by atoms with Crippen molar-refractivity contribution in [2.45, 2.75) is 11.8 Å². The maximum absolute atomic E-state index is 12.1. The summed E-state index contributed by atoms with van der Waals surface area (Å²) in [6.45, 7) is 3.85. The van der Waals surface area contributed by atoms with E-state index in [4.69, 9.17) is 10.5 Å². The second-order valence-electron chi connectivity index (χ2n) is 4.14. The predicted octanol–water partition coefficient (Wildman–Crippen LogP) is 0.892. The summed E-state index contributed by atoms with van der Waals surface area (Å²) in [5.74, 6) is 0.0881. The molecule has 6 heteroatoms. The average molecular weight is 286 g/mol. The van der Waals surface area contributed by atoms with E-state index < -0.39 is 9.84 Å². The highest BCUT2D eigenvalue weighted by Crippen LogP contribution is 2.25. The van der Waals surface area contributed by atoms with Gasteiger partial charge in [0.15, 0.2) is 9.84 Å². The van der Waals surface area contributed by atoms with Gasteiger partial charge in [-0.15, -0.1) is 0 Å². The Bertz CT molecular complexity index is 488. The first-order valence-electron chi connectivity index (χ1n) is 6.32. The number of hydrogen-bond donors (Lipinski definition) is 1. The molecule has 0 saturated heterocycles. The maximum atomic E-state index is 12.1. The molecule has 0 aromatic heterocycles. The molecule has 0 spiro atoms. The highest BCUT2D eigenvalue weighted by atomic mass is 32.2. The quantitative estimate of drug-likeness (QED) is 0.768. The largest absolute Gasteiger partial charge is 0.383 e. The second kappa shape index (κ2) is 7.47. The Balaban J connectivity index is 3.15. The zero-order chi connectivity index (χ0) is 14.3. The molecule has 0 atom stereocenters. The molecule has 0 aliphatic carbocycles. The number of benzene rings is 1. The predicted molar refractivity (Wildman–Crippen MR) is 77.3 cm³/mol. The first-order chi connectivity index (χ1) is 9.06. The molecule has 0 aliphatic heterocycles. The topological polar surface area (TPSA) is 72.6 Å². The van der Waals surface area contributed by atoms with Gasteiger partial charge in [0.2, 0.25) is 0 Å². The van der Waals surface area contributed by atoms with Gasteiger partial charge in [-0.3, -0.25) is 0 Å². The van der Waals surface area contributed by atoms with E-state index in [-0.39, 0.29) is 5.75 Å². The Kier molecular flexibility index (Phi) is 6.27. The molecule has 1 rings (SSSR count). The van der Waals surface area contributed by atoms with E-state index in [1.165, 1.54) is 0 Å². The van der Waals surface area contributed by atoms with E-state index in [1.54, 1.807) is 26.2 Å². The van der Waals surface area contributed by atoms with Crippen LogP contribution in [0.3, 0.4) is 0 Å². The van der Waals surface area contributed by atoms with Crippen molar-refractivity contribution in [1.29, 1.82) is 0 Å². The Labute approximate surface area is 115 Å². The number of nitrogens with two attached hydrogens (primary N) is 1. The molecule has 0 bridgehead atoms. The number of methoxy groups -OCH3 is 1. The molecule has 5 nitrogen and oxygen atoms in total. The summed E-state index contributed by atoms with van der Waals surface area (Å²) in [7, 11) is -1.62. The minimum absolute atomic E-state index is 0.0881. The molecule has 0 unspecified atom stereocenters. The van der Waals surface area contributed by atoms with Crippen molar-refractivity contribution in [3.05, 3.63) is 24.3 Å². The first kappa shape index (κ1) is 15.9. The molecule has 0 heterocycles. The molecule has 1 aromatic rings. The van der Waals surface area contributed by atoms with Gasteiger partial charge in [-0.05, 0) is 12.1 Å². The van der Waals surface area contributed by atoms with Crippen molar-refractivity contribution >= 4 is 15.5 Å². The Morgan fingerprint density at radius 1 is 1.26 bits per heavy atom. The van der Waals surface area contributed by atoms with Gasteiger partial charge in [-0.2, -0.15) is 0 Å². The van der Waals surface area contributed by atoms with Gasteiger partial charge in [-0.1, -0.05) is 19.1 Å². The minimum atomic E-state index is -3.24. The molecule has 0 radical (unpaired) electrons. The van der Waals surface area contributed by atoms with Crippen LogP contribution in [0.2, 0.25) is 0 Å². The van der Waals surface area contributed by atoms with Crippen LogP contribution in [0.1, 0.15) is 6.92 Å². The van der Waals surface area contributed by atoms with Crippen LogP contribution in [-0.2, 0) is 14.6 Å². The summed E-state index contributed by atoms with van der Waals surface area (Å²) >= 11 is 0. The SMILES string of the molecule is CCS(=O)(=O)c1ccccc1N(CCN)CCOC. The Morgan fingerprint density at radius 3 is 2.53 bits per heavy atom. The molecule has 2 N–H and O–H groups in total. The van der Waals surface area contributed by atoms with E-state index in [0.29, 0.717) is 36.8 Å². The number of hydrogen-bond acceptors (Lipinski definition) is 5. The van der Waals surface area contributed by atoms with Crippen LogP contribution in [0.25, 0.3) is 0 Å². The molecule has 0 amide bonds. The number of anilines is 1. The lowest BCUT2D eigenvalue weighted by Gasteiger charge is -2.26. The fraction of sp³-hybridized carbons (Fsp3) is 0.538. The van der Waals surface area contributed by atoms with Crippen LogP contribution in [-0.4, -0.2) is 47.5 Å². The van der Waals surface area contributed by atoms with Gasteiger partial charge >= 0.3 is 0 Å². The van der Waals surface area contributed by atoms with Crippen molar-refractivity contribution in [2.24, 2.45) is 5.73 Å². The third-order valence-corrected chi connectivity index (χ3v) is 4.66. The van der Waals surface area contributed by atoms with Gasteiger partial charge in [-0.25, -0.2) is 8.42 Å². The molecule has 0 aliphatic rings. The zero-order valence-corrected chi connectivity index (χ0v) is 12.3. The highest BCUT2D eigenvalue weighted by Gasteiger charge is 2.19. The number of ether oxygens (including phenoxy) is 1. The van der Waals surface area contributed by atoms with Gasteiger partial charge in [0, 0.05) is 26.7 Å². The lowest BCUT2D eigenvalue weighted by molar-refractivity contribution is 0.205. The number of rotatable bonds is 8. The second-order valence-corrected chi connectivity index (χ2v) is 6.39. The monoisotopic (exact) mass is 286 g/mol. The molecular weight excluding hydrogens is 264 g/mol. The molecule has 1 aromatic carbocycles. The normalized spacial score (nSPS) is 11.5. The summed E-state index contributed by atoms with van der Waals surface area (Å²) in [6, 6.07) is 7.03. The van der Waals surface area contributed by atoms with Crippen LogP contribution in [0.15, 0.2) is 29.2 Å². The summed E-state index contributed by atoms with van der Waals surface area (Å²) in [4.78, 5) is 2.31. The summed E-state index contributed by atoms with van der Waals surface area (Å²) in [5, 5.41) is 0. The molecule has 0 saturated carbocycles. The summed E-state index contributed by atoms with van der Waals surface area (Å²) in [6.07, 6.45) is 0. The zero-order valence-electron chi connectivity index (χ0n) is 11.5. The molecule has 108 valence electrons. The lowest BCUT2D eigenvalue weighted by Crippen LogP contribution is -2.33. The fourth-order valence-corrected chi connectivity index (χ4v) is 2.96. The van der Waals surface area contributed by atoms with Gasteiger partial charge in [0.1, 0.15) is 0 Å². The summed E-state index contributed by atoms with van der Waals surface area (Å²) < 4.78 is 29.3. The third-order valence-electron chi connectivity index (χ3n) is 2.89. The van der Waals surface area contributed by atoms with Crippen molar-refractivity contribution in [2.75, 3.05) is 44.0 Å². The maximum Gasteiger partial charge on any atom is 0.180 e. The third kappa shape index (κ3) is 4.19. The van der Waals surface area contributed by atoms with E-state index in [2.05, 4.69) is 0 Å². The Morgan fingerprint density at radius 2 is 1.95 bits per heavy atom. The van der Waals surface area contributed by atoms with E-state index in [0.717, 1.165) is 0 Å². The first-order valence-corrected chi connectivity index (χ1v) is 7.97. The Hall–Kier alpha value is -1.11. The molecular formula is C13H22N2O3S. The van der Waals surface area contributed by atoms with Crippen LogP contribution >= 0.6 is 0 Å². The number of para-hydroxylation sites is 1. The van der Waals surface area contributed by atoms with Crippen molar-refractivity contribution in [3.8, 4) is 0 Å². The van der Waals surface area contributed by atoms with Crippen molar-refractivity contribution in [1.82, 2.24) is 0 Å². The minimum Gasteiger partial charge on any atom is -0.383 e. The van der Waals surface area contributed by atoms with Gasteiger partial charge in [0.05, 0.1) is 22.9 Å². The molecule has 0 fully saturated rings. The van der Waals surface area contributed by atoms with Crippen molar-refractivity contribution < 1.29 is 13.2 Å². The summed E-state index contributed by atoms with van der Waals surface area (Å²) in [5.41, 5.74) is 6.30. The number of sulfone groups is 1. The van der Waals surface area contributed by atoms with Crippen LogP contribution in [0, 0.1) is 0 Å². The smallest absolute Gasteiger partial charge is 0.180 e. The molecule has 19 heavy (non-hydrogen) atoms.